The molecule has 0 saturated heterocycles. The first kappa shape index (κ1) is 33.6. The zero-order valence-corrected chi connectivity index (χ0v) is 23.0. The Morgan fingerprint density at radius 1 is 0.686 bits per heavy atom. The lowest BCUT2D eigenvalue weighted by Crippen LogP contribution is -2.40. The van der Waals surface area contributed by atoms with Gasteiger partial charge in [-0.3, -0.25) is 4.79 Å². The molecule has 5 heteroatoms. The van der Waals surface area contributed by atoms with Crippen LogP contribution < -0.4 is 11.1 Å². The zero-order valence-electron chi connectivity index (χ0n) is 23.0. The van der Waals surface area contributed by atoms with E-state index in [0.717, 1.165) is 32.1 Å². The quantitative estimate of drug-likeness (QED) is 0.0795. The van der Waals surface area contributed by atoms with Gasteiger partial charge < -0.3 is 16.2 Å². The molecule has 0 bridgehead atoms. The van der Waals surface area contributed by atoms with E-state index in [2.05, 4.69) is 24.4 Å². The number of carbonyl (C=O) groups is 2. The molecule has 0 aliphatic heterocycles. The Bertz CT molecular complexity index is 508. The summed E-state index contributed by atoms with van der Waals surface area (Å²) in [5.41, 5.74) is 5.44. The minimum atomic E-state index is -0.953. The summed E-state index contributed by atoms with van der Waals surface area (Å²) in [5.74, 6) is -1.09. The molecule has 0 spiro atoms. The second-order valence-corrected chi connectivity index (χ2v) is 10.2. The second kappa shape index (κ2) is 27.2. The van der Waals surface area contributed by atoms with E-state index in [9.17, 15) is 14.7 Å². The fraction of sp³-hybridized carbons (Fsp3) is 0.867. The van der Waals surface area contributed by atoms with Crippen LogP contribution in [0, 0.1) is 0 Å². The molecule has 1 amide bonds. The van der Waals surface area contributed by atoms with Crippen LogP contribution in [0.1, 0.15) is 155 Å². The number of allylic oxidation sites excluding steroid dienone is 2. The largest absolute Gasteiger partial charge is 0.480 e. The number of carboxylic acids is 1. The summed E-state index contributed by atoms with van der Waals surface area (Å²) in [6.45, 7) is 2.83. The Morgan fingerprint density at radius 3 is 1.60 bits per heavy atom. The van der Waals surface area contributed by atoms with Crippen molar-refractivity contribution in [2.45, 2.75) is 161 Å². The predicted molar refractivity (Wildman–Crippen MR) is 150 cm³/mol. The van der Waals surface area contributed by atoms with Gasteiger partial charge >= 0.3 is 5.97 Å². The van der Waals surface area contributed by atoms with Crippen LogP contribution in [0.2, 0.25) is 0 Å². The van der Waals surface area contributed by atoms with Crippen LogP contribution in [-0.4, -0.2) is 29.6 Å². The summed E-state index contributed by atoms with van der Waals surface area (Å²) in [5, 5.41) is 11.9. The molecule has 0 aromatic rings. The van der Waals surface area contributed by atoms with Gasteiger partial charge in [0.05, 0.1) is 0 Å². The van der Waals surface area contributed by atoms with E-state index in [1.54, 1.807) is 0 Å². The highest BCUT2D eigenvalue weighted by molar-refractivity contribution is 5.83. The lowest BCUT2D eigenvalue weighted by atomic mass is 10.0. The molecule has 0 rings (SSSR count). The van der Waals surface area contributed by atoms with Gasteiger partial charge in [0.1, 0.15) is 6.04 Å². The number of hydrogen-bond donors (Lipinski definition) is 3. The number of unbranched alkanes of at least 4 members (excludes halogenated alkanes) is 18. The summed E-state index contributed by atoms with van der Waals surface area (Å²) in [6.07, 6.45) is 31.7. The molecule has 1 atom stereocenters. The number of rotatable bonds is 27. The Hall–Kier alpha value is -1.36. The SMILES string of the molecule is CCCCCCCC/C=C/CCCCCCCCCCCCCC(=O)NC(CCCCN)C(=O)O. The van der Waals surface area contributed by atoms with Gasteiger partial charge in [0.2, 0.25) is 5.91 Å². The maximum atomic E-state index is 12.0. The maximum Gasteiger partial charge on any atom is 0.326 e. The topological polar surface area (TPSA) is 92.4 Å². The first-order valence-corrected chi connectivity index (χ1v) is 15.0. The molecule has 206 valence electrons. The third-order valence-corrected chi connectivity index (χ3v) is 6.75. The molecule has 1 unspecified atom stereocenters. The number of nitrogens with two attached hydrogens (primary N) is 1. The molecular formula is C30H58N2O3. The second-order valence-electron chi connectivity index (χ2n) is 10.2. The molecule has 0 aliphatic rings. The number of carbonyl (C=O) groups excluding carboxylic acids is 1. The van der Waals surface area contributed by atoms with Gasteiger partial charge in [-0.05, 0) is 57.9 Å². The van der Waals surface area contributed by atoms with Gasteiger partial charge in [0.15, 0.2) is 0 Å². The van der Waals surface area contributed by atoms with Gasteiger partial charge in [-0.2, -0.15) is 0 Å². The highest BCUT2D eigenvalue weighted by Crippen LogP contribution is 2.13. The fourth-order valence-electron chi connectivity index (χ4n) is 4.43. The Kier molecular flexibility index (Phi) is 26.2. The van der Waals surface area contributed by atoms with Crippen LogP contribution >= 0.6 is 0 Å². The molecule has 0 fully saturated rings. The summed E-state index contributed by atoms with van der Waals surface area (Å²) < 4.78 is 0. The molecule has 0 aromatic carbocycles. The zero-order chi connectivity index (χ0) is 25.8. The third kappa shape index (κ3) is 25.5. The van der Waals surface area contributed by atoms with Crippen LogP contribution in [0.4, 0.5) is 0 Å². The first-order valence-electron chi connectivity index (χ1n) is 15.0. The van der Waals surface area contributed by atoms with Crippen LogP contribution in [0.25, 0.3) is 0 Å². The van der Waals surface area contributed by atoms with Gasteiger partial charge in [-0.1, -0.05) is 109 Å². The highest BCUT2D eigenvalue weighted by Gasteiger charge is 2.18. The van der Waals surface area contributed by atoms with Crippen molar-refractivity contribution in [2.24, 2.45) is 5.73 Å². The van der Waals surface area contributed by atoms with Gasteiger partial charge in [-0.15, -0.1) is 0 Å². The molecule has 0 aromatic heterocycles. The van der Waals surface area contributed by atoms with Crippen molar-refractivity contribution in [1.82, 2.24) is 5.32 Å². The molecule has 4 N–H and O–H groups in total. The Morgan fingerprint density at radius 2 is 1.14 bits per heavy atom. The van der Waals surface area contributed by atoms with E-state index in [1.165, 1.54) is 103 Å². The Labute approximate surface area is 217 Å². The minimum Gasteiger partial charge on any atom is -0.480 e. The van der Waals surface area contributed by atoms with Crippen molar-refractivity contribution in [3.8, 4) is 0 Å². The smallest absolute Gasteiger partial charge is 0.326 e. The number of amides is 1. The van der Waals surface area contributed by atoms with Gasteiger partial charge in [0.25, 0.3) is 0 Å². The first-order chi connectivity index (χ1) is 17.1. The average Bonchev–Trinajstić information content (AvgIpc) is 2.84. The molecule has 0 aliphatic carbocycles. The highest BCUT2D eigenvalue weighted by atomic mass is 16.4. The number of aliphatic carboxylic acids is 1. The summed E-state index contributed by atoms with van der Waals surface area (Å²) in [4.78, 5) is 23.2. The lowest BCUT2D eigenvalue weighted by molar-refractivity contribution is -0.142. The van der Waals surface area contributed by atoms with Crippen molar-refractivity contribution in [2.75, 3.05) is 6.54 Å². The number of carboxylic acid groups (broad SMARTS) is 1. The molecule has 35 heavy (non-hydrogen) atoms. The van der Waals surface area contributed by atoms with Crippen LogP contribution in [0.15, 0.2) is 12.2 Å². The summed E-state index contributed by atoms with van der Waals surface area (Å²) in [6, 6.07) is -0.777. The van der Waals surface area contributed by atoms with Crippen molar-refractivity contribution in [3.63, 3.8) is 0 Å². The lowest BCUT2D eigenvalue weighted by Gasteiger charge is -2.14. The summed E-state index contributed by atoms with van der Waals surface area (Å²) in [7, 11) is 0. The van der Waals surface area contributed by atoms with Crippen molar-refractivity contribution in [1.29, 1.82) is 0 Å². The molecule has 0 saturated carbocycles. The maximum absolute atomic E-state index is 12.0. The van der Waals surface area contributed by atoms with E-state index in [0.29, 0.717) is 19.4 Å². The number of nitrogens with one attached hydrogen (secondary N) is 1. The van der Waals surface area contributed by atoms with E-state index in [-0.39, 0.29) is 5.91 Å². The molecule has 0 radical (unpaired) electrons. The van der Waals surface area contributed by atoms with Crippen molar-refractivity contribution in [3.05, 3.63) is 12.2 Å². The van der Waals surface area contributed by atoms with Crippen LogP contribution in [0.3, 0.4) is 0 Å². The van der Waals surface area contributed by atoms with Crippen LogP contribution in [0.5, 0.6) is 0 Å². The van der Waals surface area contributed by atoms with Gasteiger partial charge in [-0.25, -0.2) is 4.79 Å². The predicted octanol–water partition coefficient (Wildman–Crippen LogP) is 8.06. The molecule has 5 nitrogen and oxygen atoms in total. The van der Waals surface area contributed by atoms with E-state index in [4.69, 9.17) is 5.73 Å². The minimum absolute atomic E-state index is 0.140. The molecule has 0 heterocycles. The Balaban J connectivity index is 3.37. The van der Waals surface area contributed by atoms with Crippen molar-refractivity contribution < 1.29 is 14.7 Å². The standard InChI is InChI=1S/C30H58N2O3/c1-2-3-4-5-6-7-8-9-10-11-12-13-14-15-16-17-18-19-20-21-22-26-29(33)32-28(30(34)35)25-23-24-27-31/h9-10,28H,2-8,11-27,31H2,1H3,(H,32,33)(H,34,35)/b10-9+. The van der Waals surface area contributed by atoms with E-state index < -0.39 is 12.0 Å². The monoisotopic (exact) mass is 494 g/mol. The normalized spacial score (nSPS) is 12.3. The number of hydrogen-bond acceptors (Lipinski definition) is 3. The third-order valence-electron chi connectivity index (χ3n) is 6.75. The summed E-state index contributed by atoms with van der Waals surface area (Å²) >= 11 is 0. The van der Waals surface area contributed by atoms with Crippen molar-refractivity contribution >= 4 is 11.9 Å². The fourth-order valence-corrected chi connectivity index (χ4v) is 4.43. The van der Waals surface area contributed by atoms with Gasteiger partial charge in [0, 0.05) is 6.42 Å². The average molecular weight is 495 g/mol. The van der Waals surface area contributed by atoms with E-state index in [1.807, 2.05) is 0 Å². The van der Waals surface area contributed by atoms with E-state index >= 15 is 0 Å². The van der Waals surface area contributed by atoms with Crippen LogP contribution in [-0.2, 0) is 9.59 Å². The molecular weight excluding hydrogens is 436 g/mol.